The smallest absolute Gasteiger partial charge is 0.185 e. The molecule has 0 bridgehead atoms. The van der Waals surface area contributed by atoms with Crippen LogP contribution in [0.2, 0.25) is 0 Å². The first-order chi connectivity index (χ1) is 12.6. The van der Waals surface area contributed by atoms with Crippen LogP contribution in [-0.2, 0) is 9.84 Å². The Bertz CT molecular complexity index is 1080. The van der Waals surface area contributed by atoms with Crippen molar-refractivity contribution in [3.63, 3.8) is 0 Å². The monoisotopic (exact) mass is 360 g/mol. The summed E-state index contributed by atoms with van der Waals surface area (Å²) < 4.78 is 26.9. The van der Waals surface area contributed by atoms with Crippen molar-refractivity contribution in [2.24, 2.45) is 0 Å². The standard InChI is InChI=1S/C23H20O2S/c1-17-8-7-12-21(14-17)26(24,25)23-16-20(18-9-3-2-4-10-18)15-19-11-5-6-13-22(19)23/h2-15,23H,16H2,1H3. The van der Waals surface area contributed by atoms with Crippen LogP contribution in [0.4, 0.5) is 0 Å². The number of hydrogen-bond acceptors (Lipinski definition) is 2. The summed E-state index contributed by atoms with van der Waals surface area (Å²) in [6, 6.07) is 25.0. The Morgan fingerprint density at radius 1 is 0.846 bits per heavy atom. The van der Waals surface area contributed by atoms with Gasteiger partial charge in [-0.2, -0.15) is 0 Å². The molecule has 0 fully saturated rings. The summed E-state index contributed by atoms with van der Waals surface area (Å²) in [5.41, 5.74) is 4.96. The number of sulfone groups is 1. The SMILES string of the molecule is Cc1cccc(S(=O)(=O)C2CC(c3ccccc3)=Cc3ccccc32)c1. The summed E-state index contributed by atoms with van der Waals surface area (Å²) in [6.45, 7) is 1.92. The summed E-state index contributed by atoms with van der Waals surface area (Å²) in [4.78, 5) is 0.395. The summed E-state index contributed by atoms with van der Waals surface area (Å²) in [5, 5.41) is -0.569. The molecule has 0 heterocycles. The zero-order chi connectivity index (χ0) is 18.1. The van der Waals surface area contributed by atoms with Crippen LogP contribution in [-0.4, -0.2) is 8.42 Å². The molecular formula is C23H20O2S. The lowest BCUT2D eigenvalue weighted by atomic mass is 9.88. The summed E-state index contributed by atoms with van der Waals surface area (Å²) in [7, 11) is -3.48. The van der Waals surface area contributed by atoms with Crippen LogP contribution in [0.3, 0.4) is 0 Å². The van der Waals surface area contributed by atoms with Crippen LogP contribution < -0.4 is 0 Å². The Balaban J connectivity index is 1.85. The Kier molecular flexibility index (Phi) is 4.25. The molecule has 3 aromatic rings. The fourth-order valence-electron chi connectivity index (χ4n) is 3.58. The van der Waals surface area contributed by atoms with Gasteiger partial charge in [-0.05, 0) is 53.3 Å². The molecule has 0 saturated carbocycles. The highest BCUT2D eigenvalue weighted by Crippen LogP contribution is 2.43. The first-order valence-corrected chi connectivity index (χ1v) is 10.3. The molecule has 1 aliphatic carbocycles. The number of aryl methyl sites for hydroxylation is 1. The molecule has 3 heteroatoms. The van der Waals surface area contributed by atoms with E-state index in [-0.39, 0.29) is 0 Å². The average molecular weight is 360 g/mol. The molecule has 3 aromatic carbocycles. The van der Waals surface area contributed by atoms with E-state index in [1.165, 1.54) is 0 Å². The van der Waals surface area contributed by atoms with Gasteiger partial charge in [-0.1, -0.05) is 72.8 Å². The molecule has 1 unspecified atom stereocenters. The van der Waals surface area contributed by atoms with Gasteiger partial charge in [0.15, 0.2) is 9.84 Å². The third kappa shape index (κ3) is 2.99. The van der Waals surface area contributed by atoms with Crippen molar-refractivity contribution in [1.82, 2.24) is 0 Å². The van der Waals surface area contributed by atoms with Gasteiger partial charge in [0.25, 0.3) is 0 Å². The summed E-state index contributed by atoms with van der Waals surface area (Å²) in [6.07, 6.45) is 2.60. The molecule has 2 nitrogen and oxygen atoms in total. The highest BCUT2D eigenvalue weighted by molar-refractivity contribution is 7.91. The minimum Gasteiger partial charge on any atom is -0.223 e. The van der Waals surface area contributed by atoms with E-state index in [9.17, 15) is 8.42 Å². The zero-order valence-electron chi connectivity index (χ0n) is 14.6. The predicted molar refractivity (Wildman–Crippen MR) is 106 cm³/mol. The molecule has 0 aromatic heterocycles. The van der Waals surface area contributed by atoms with E-state index >= 15 is 0 Å². The van der Waals surface area contributed by atoms with E-state index in [1.54, 1.807) is 12.1 Å². The molecule has 1 aliphatic rings. The lowest BCUT2D eigenvalue weighted by Gasteiger charge is -2.26. The molecular weight excluding hydrogens is 340 g/mol. The second-order valence-corrected chi connectivity index (χ2v) is 8.85. The van der Waals surface area contributed by atoms with E-state index in [4.69, 9.17) is 0 Å². The fourth-order valence-corrected chi connectivity index (χ4v) is 5.47. The van der Waals surface area contributed by atoms with Gasteiger partial charge >= 0.3 is 0 Å². The lowest BCUT2D eigenvalue weighted by Crippen LogP contribution is -2.18. The number of benzene rings is 3. The second-order valence-electron chi connectivity index (χ2n) is 6.72. The van der Waals surface area contributed by atoms with Crippen molar-refractivity contribution in [2.75, 3.05) is 0 Å². The topological polar surface area (TPSA) is 34.1 Å². The fraction of sp³-hybridized carbons (Fsp3) is 0.130. The molecule has 26 heavy (non-hydrogen) atoms. The molecule has 130 valence electrons. The Morgan fingerprint density at radius 3 is 2.35 bits per heavy atom. The molecule has 0 spiro atoms. The molecule has 0 amide bonds. The van der Waals surface area contributed by atoms with Crippen LogP contribution in [0, 0.1) is 6.92 Å². The summed E-state index contributed by atoms with van der Waals surface area (Å²) in [5.74, 6) is 0. The van der Waals surface area contributed by atoms with Gasteiger partial charge in [0.2, 0.25) is 0 Å². The quantitative estimate of drug-likeness (QED) is 0.622. The number of hydrogen-bond donors (Lipinski definition) is 0. The van der Waals surface area contributed by atoms with Crippen LogP contribution >= 0.6 is 0 Å². The van der Waals surface area contributed by atoms with Crippen LogP contribution in [0.1, 0.15) is 33.9 Å². The van der Waals surface area contributed by atoms with Crippen molar-refractivity contribution in [3.05, 3.63) is 101 Å². The Hall–Kier alpha value is -2.65. The highest BCUT2D eigenvalue weighted by atomic mass is 32.2. The maximum Gasteiger partial charge on any atom is 0.185 e. The first kappa shape index (κ1) is 16.8. The van der Waals surface area contributed by atoms with E-state index in [1.807, 2.05) is 73.7 Å². The van der Waals surface area contributed by atoms with Crippen molar-refractivity contribution in [3.8, 4) is 0 Å². The van der Waals surface area contributed by atoms with E-state index in [0.717, 1.165) is 27.8 Å². The van der Waals surface area contributed by atoms with Gasteiger partial charge in [-0.15, -0.1) is 0 Å². The van der Waals surface area contributed by atoms with Crippen molar-refractivity contribution in [2.45, 2.75) is 23.5 Å². The molecule has 1 atom stereocenters. The molecule has 0 N–H and O–H groups in total. The molecule has 0 radical (unpaired) electrons. The molecule has 0 aliphatic heterocycles. The first-order valence-electron chi connectivity index (χ1n) is 8.71. The normalized spacial score (nSPS) is 16.7. The average Bonchev–Trinajstić information content (AvgIpc) is 2.68. The van der Waals surface area contributed by atoms with E-state index in [0.29, 0.717) is 11.3 Å². The van der Waals surface area contributed by atoms with Gasteiger partial charge < -0.3 is 0 Å². The van der Waals surface area contributed by atoms with Gasteiger partial charge in [-0.3, -0.25) is 0 Å². The predicted octanol–water partition coefficient (Wildman–Crippen LogP) is 5.45. The highest BCUT2D eigenvalue weighted by Gasteiger charge is 2.33. The summed E-state index contributed by atoms with van der Waals surface area (Å²) >= 11 is 0. The maximum atomic E-state index is 13.5. The van der Waals surface area contributed by atoms with Crippen LogP contribution in [0.25, 0.3) is 11.6 Å². The third-order valence-corrected chi connectivity index (χ3v) is 7.00. The number of rotatable bonds is 3. The molecule has 4 rings (SSSR count). The molecule has 0 saturated heterocycles. The van der Waals surface area contributed by atoms with Gasteiger partial charge in [0, 0.05) is 0 Å². The van der Waals surface area contributed by atoms with Crippen molar-refractivity contribution < 1.29 is 8.42 Å². The number of allylic oxidation sites excluding steroid dienone is 1. The minimum absolute atomic E-state index is 0.395. The lowest BCUT2D eigenvalue weighted by molar-refractivity contribution is 0.582. The van der Waals surface area contributed by atoms with Gasteiger partial charge in [0.05, 0.1) is 10.1 Å². The van der Waals surface area contributed by atoms with Gasteiger partial charge in [-0.25, -0.2) is 8.42 Å². The largest absolute Gasteiger partial charge is 0.223 e. The van der Waals surface area contributed by atoms with Gasteiger partial charge in [0.1, 0.15) is 0 Å². The minimum atomic E-state index is -3.48. The Morgan fingerprint density at radius 2 is 1.58 bits per heavy atom. The van der Waals surface area contributed by atoms with Crippen LogP contribution in [0.5, 0.6) is 0 Å². The van der Waals surface area contributed by atoms with E-state index < -0.39 is 15.1 Å². The van der Waals surface area contributed by atoms with Crippen LogP contribution in [0.15, 0.2) is 83.8 Å². The third-order valence-electron chi connectivity index (χ3n) is 4.92. The van der Waals surface area contributed by atoms with E-state index in [2.05, 4.69) is 6.08 Å². The second kappa shape index (κ2) is 6.58. The van der Waals surface area contributed by atoms with Crippen molar-refractivity contribution in [1.29, 1.82) is 0 Å². The van der Waals surface area contributed by atoms with Crippen molar-refractivity contribution >= 4 is 21.5 Å². The number of fused-ring (bicyclic) bond motifs is 1. The Labute approximate surface area is 154 Å². The zero-order valence-corrected chi connectivity index (χ0v) is 15.4. The maximum absolute atomic E-state index is 13.5.